The van der Waals surface area contributed by atoms with Crippen LogP contribution in [0.15, 0.2) is 35.9 Å². The van der Waals surface area contributed by atoms with Crippen LogP contribution in [0.2, 0.25) is 0 Å². The number of rotatable bonds is 4. The number of fused-ring (bicyclic) bond motifs is 1. The predicted molar refractivity (Wildman–Crippen MR) is 106 cm³/mol. The number of carbonyl (C=O) groups excluding carboxylic acids is 1. The zero-order valence-electron chi connectivity index (χ0n) is 16.7. The fraction of sp³-hybridized carbons (Fsp3) is 0.542. The van der Waals surface area contributed by atoms with Crippen molar-refractivity contribution in [3.63, 3.8) is 0 Å². The lowest BCUT2D eigenvalue weighted by molar-refractivity contribution is -0.104. The first kappa shape index (κ1) is 18.2. The highest BCUT2D eigenvalue weighted by Crippen LogP contribution is 2.54. The fourth-order valence-electron chi connectivity index (χ4n) is 4.37. The van der Waals surface area contributed by atoms with Crippen molar-refractivity contribution in [2.75, 3.05) is 0 Å². The summed E-state index contributed by atoms with van der Waals surface area (Å²) in [6, 6.07) is 4.98. The molecule has 134 valence electrons. The normalized spacial score (nSPS) is 23.4. The molecular weight excluding hydrogens is 304 g/mol. The summed E-state index contributed by atoms with van der Waals surface area (Å²) < 4.78 is 0. The molecule has 0 unspecified atom stereocenters. The second-order valence-electron chi connectivity index (χ2n) is 9.52. The summed E-state index contributed by atoms with van der Waals surface area (Å²) in [4.78, 5) is 10.7. The van der Waals surface area contributed by atoms with E-state index < -0.39 is 0 Å². The van der Waals surface area contributed by atoms with Gasteiger partial charge in [-0.1, -0.05) is 52.0 Å². The van der Waals surface area contributed by atoms with Crippen LogP contribution in [0.5, 0.6) is 0 Å². The maximum atomic E-state index is 10.7. The van der Waals surface area contributed by atoms with Crippen molar-refractivity contribution in [1.29, 1.82) is 0 Å². The third kappa shape index (κ3) is 3.26. The van der Waals surface area contributed by atoms with Crippen molar-refractivity contribution in [3.05, 3.63) is 58.2 Å². The van der Waals surface area contributed by atoms with Gasteiger partial charge < -0.3 is 0 Å². The SMILES string of the molecule is CC(/C=C/C1(c2cc3c(cc2C)C(C)(C)CCC3(C)C)CC1)=C\C=O. The van der Waals surface area contributed by atoms with E-state index in [-0.39, 0.29) is 16.2 Å². The molecule has 3 rings (SSSR count). The van der Waals surface area contributed by atoms with E-state index in [1.807, 2.05) is 6.92 Å². The first-order valence-electron chi connectivity index (χ1n) is 9.59. The van der Waals surface area contributed by atoms with Gasteiger partial charge in [-0.15, -0.1) is 0 Å². The van der Waals surface area contributed by atoms with Crippen molar-refractivity contribution in [1.82, 2.24) is 0 Å². The molecule has 0 spiro atoms. The van der Waals surface area contributed by atoms with Gasteiger partial charge in [-0.05, 0) is 84.3 Å². The molecule has 2 aliphatic rings. The molecule has 0 amide bonds. The molecule has 0 atom stereocenters. The second-order valence-corrected chi connectivity index (χ2v) is 9.52. The molecular formula is C24H32O. The summed E-state index contributed by atoms with van der Waals surface area (Å²) in [5, 5.41) is 0. The van der Waals surface area contributed by atoms with Gasteiger partial charge in [-0.3, -0.25) is 4.79 Å². The van der Waals surface area contributed by atoms with Crippen molar-refractivity contribution in [2.24, 2.45) is 0 Å². The minimum Gasteiger partial charge on any atom is -0.299 e. The van der Waals surface area contributed by atoms with E-state index in [1.165, 1.54) is 36.8 Å². The van der Waals surface area contributed by atoms with Gasteiger partial charge in [-0.25, -0.2) is 0 Å². The van der Waals surface area contributed by atoms with E-state index in [0.29, 0.717) is 0 Å². The van der Waals surface area contributed by atoms with Gasteiger partial charge in [0.25, 0.3) is 0 Å². The summed E-state index contributed by atoms with van der Waals surface area (Å²) in [7, 11) is 0. The topological polar surface area (TPSA) is 17.1 Å². The first-order valence-corrected chi connectivity index (χ1v) is 9.59. The minimum absolute atomic E-state index is 0.175. The van der Waals surface area contributed by atoms with Crippen LogP contribution >= 0.6 is 0 Å². The Balaban J connectivity index is 2.07. The van der Waals surface area contributed by atoms with Gasteiger partial charge in [0.15, 0.2) is 0 Å². The Morgan fingerprint density at radius 2 is 1.48 bits per heavy atom. The van der Waals surface area contributed by atoms with Crippen molar-refractivity contribution >= 4 is 6.29 Å². The molecule has 0 bridgehead atoms. The van der Waals surface area contributed by atoms with Gasteiger partial charge in [-0.2, -0.15) is 0 Å². The monoisotopic (exact) mass is 336 g/mol. The molecule has 2 aliphatic carbocycles. The average molecular weight is 337 g/mol. The molecule has 1 heteroatoms. The molecule has 25 heavy (non-hydrogen) atoms. The van der Waals surface area contributed by atoms with Crippen LogP contribution in [0.3, 0.4) is 0 Å². The second kappa shape index (κ2) is 5.97. The summed E-state index contributed by atoms with van der Waals surface area (Å²) in [6.07, 6.45) is 11.9. The Bertz CT molecular complexity index is 755. The molecule has 0 aromatic heterocycles. The molecule has 1 aromatic rings. The van der Waals surface area contributed by atoms with Crippen LogP contribution in [-0.4, -0.2) is 6.29 Å². The quantitative estimate of drug-likeness (QED) is 0.370. The summed E-state index contributed by atoms with van der Waals surface area (Å²) >= 11 is 0. The lowest BCUT2D eigenvalue weighted by Gasteiger charge is -2.42. The van der Waals surface area contributed by atoms with E-state index in [0.717, 1.165) is 11.9 Å². The molecule has 0 heterocycles. The lowest BCUT2D eigenvalue weighted by Crippen LogP contribution is -2.34. The van der Waals surface area contributed by atoms with E-state index in [4.69, 9.17) is 0 Å². The third-order valence-electron chi connectivity index (χ3n) is 6.52. The zero-order valence-corrected chi connectivity index (χ0v) is 16.7. The summed E-state index contributed by atoms with van der Waals surface area (Å²) in [5.41, 5.74) is 7.72. The molecule has 0 aliphatic heterocycles. The van der Waals surface area contributed by atoms with E-state index in [9.17, 15) is 4.79 Å². The summed E-state index contributed by atoms with van der Waals surface area (Å²) in [6.45, 7) is 13.8. The van der Waals surface area contributed by atoms with Crippen LogP contribution in [0.25, 0.3) is 0 Å². The standard InChI is InChI=1S/C24H32O/c1-17(8-14-25)7-9-24(12-13-24)19-16-21-20(15-18(19)2)22(3,4)10-11-23(21,5)6/h7-9,14-16H,10-13H2,1-6H3/b9-7+,17-8+. The lowest BCUT2D eigenvalue weighted by atomic mass is 9.62. The molecule has 0 N–H and O–H groups in total. The Morgan fingerprint density at radius 1 is 0.920 bits per heavy atom. The van der Waals surface area contributed by atoms with Crippen molar-refractivity contribution in [3.8, 4) is 0 Å². The third-order valence-corrected chi connectivity index (χ3v) is 6.52. The highest BCUT2D eigenvalue weighted by atomic mass is 16.1. The number of allylic oxidation sites excluding steroid dienone is 4. The number of carbonyl (C=O) groups is 1. The Kier molecular flexibility index (Phi) is 4.34. The van der Waals surface area contributed by atoms with Gasteiger partial charge in [0.05, 0.1) is 0 Å². The van der Waals surface area contributed by atoms with Crippen LogP contribution < -0.4 is 0 Å². The predicted octanol–water partition coefficient (Wildman–Crippen LogP) is 6.08. The first-order chi connectivity index (χ1) is 11.6. The number of hydrogen-bond donors (Lipinski definition) is 0. The van der Waals surface area contributed by atoms with E-state index in [2.05, 4.69) is 58.9 Å². The fourth-order valence-corrected chi connectivity index (χ4v) is 4.37. The van der Waals surface area contributed by atoms with Gasteiger partial charge in [0.2, 0.25) is 0 Å². The van der Waals surface area contributed by atoms with Crippen LogP contribution in [0.1, 0.15) is 82.6 Å². The molecule has 0 saturated heterocycles. The van der Waals surface area contributed by atoms with Crippen LogP contribution in [0, 0.1) is 6.92 Å². The molecule has 1 fully saturated rings. The van der Waals surface area contributed by atoms with E-state index in [1.54, 1.807) is 17.2 Å². The highest BCUT2D eigenvalue weighted by molar-refractivity contribution is 5.67. The number of benzene rings is 1. The molecule has 1 nitrogen and oxygen atoms in total. The van der Waals surface area contributed by atoms with E-state index >= 15 is 0 Å². The van der Waals surface area contributed by atoms with Crippen LogP contribution in [-0.2, 0) is 21.0 Å². The van der Waals surface area contributed by atoms with Crippen LogP contribution in [0.4, 0.5) is 0 Å². The maximum absolute atomic E-state index is 10.7. The summed E-state index contributed by atoms with van der Waals surface area (Å²) in [5.74, 6) is 0. The Morgan fingerprint density at radius 3 is 2.00 bits per heavy atom. The van der Waals surface area contributed by atoms with Gasteiger partial charge in [0, 0.05) is 5.41 Å². The minimum atomic E-state index is 0.175. The maximum Gasteiger partial charge on any atom is 0.143 e. The molecule has 1 saturated carbocycles. The molecule has 0 radical (unpaired) electrons. The van der Waals surface area contributed by atoms with Gasteiger partial charge >= 0.3 is 0 Å². The number of hydrogen-bond acceptors (Lipinski definition) is 1. The highest BCUT2D eigenvalue weighted by Gasteiger charge is 2.45. The largest absolute Gasteiger partial charge is 0.299 e. The molecule has 1 aromatic carbocycles. The van der Waals surface area contributed by atoms with Gasteiger partial charge in [0.1, 0.15) is 6.29 Å². The smallest absolute Gasteiger partial charge is 0.143 e. The Labute approximate surface area is 153 Å². The van der Waals surface area contributed by atoms with Crippen molar-refractivity contribution < 1.29 is 4.79 Å². The number of aryl methyl sites for hydroxylation is 1. The number of aldehydes is 1. The Hall–Kier alpha value is -1.63. The average Bonchev–Trinajstić information content (AvgIpc) is 3.31. The van der Waals surface area contributed by atoms with Crippen molar-refractivity contribution in [2.45, 2.75) is 83.5 Å². The zero-order chi connectivity index (χ0) is 18.5.